The lowest BCUT2D eigenvalue weighted by molar-refractivity contribution is -0.132. The first-order valence-electron chi connectivity index (χ1n) is 10.9. The molecule has 1 amide bonds. The van der Waals surface area contributed by atoms with Crippen LogP contribution in [-0.4, -0.2) is 26.8 Å². The lowest BCUT2D eigenvalue weighted by Crippen LogP contribution is -2.29. The first-order chi connectivity index (χ1) is 17.0. The van der Waals surface area contributed by atoms with E-state index in [1.54, 1.807) is 60.4 Å². The SMILES string of the molecule is Cc1cccc(COc2ccc(/C(O)=C3\C(=O)C(=O)N(c4nccs4)C3c3ccncc3)cc2)c1. The number of aliphatic hydroxyl groups is 1. The highest BCUT2D eigenvalue weighted by molar-refractivity contribution is 7.14. The smallest absolute Gasteiger partial charge is 0.301 e. The average molecular weight is 484 g/mol. The van der Waals surface area contributed by atoms with Crippen LogP contribution in [0, 0.1) is 6.92 Å². The molecule has 7 nitrogen and oxygen atoms in total. The Bertz CT molecular complexity index is 1400. The van der Waals surface area contributed by atoms with Gasteiger partial charge in [-0.15, -0.1) is 11.3 Å². The van der Waals surface area contributed by atoms with Gasteiger partial charge in [-0.25, -0.2) is 4.98 Å². The van der Waals surface area contributed by atoms with E-state index in [-0.39, 0.29) is 11.3 Å². The van der Waals surface area contributed by atoms with Crippen molar-refractivity contribution in [3.63, 3.8) is 0 Å². The monoisotopic (exact) mass is 483 g/mol. The third-order valence-electron chi connectivity index (χ3n) is 5.71. The van der Waals surface area contributed by atoms with E-state index in [1.165, 1.54) is 16.2 Å². The molecule has 1 N–H and O–H groups in total. The van der Waals surface area contributed by atoms with Gasteiger partial charge < -0.3 is 9.84 Å². The lowest BCUT2D eigenvalue weighted by atomic mass is 9.96. The zero-order valence-corrected chi connectivity index (χ0v) is 19.6. The summed E-state index contributed by atoms with van der Waals surface area (Å²) in [6, 6.07) is 17.5. The number of amides is 1. The highest BCUT2D eigenvalue weighted by Crippen LogP contribution is 2.42. The Balaban J connectivity index is 1.47. The Morgan fingerprint density at radius 2 is 1.83 bits per heavy atom. The molecular weight excluding hydrogens is 462 g/mol. The number of carbonyl (C=O) groups is 2. The predicted molar refractivity (Wildman–Crippen MR) is 133 cm³/mol. The molecule has 1 fully saturated rings. The first kappa shape index (κ1) is 22.5. The minimum Gasteiger partial charge on any atom is -0.507 e. The summed E-state index contributed by atoms with van der Waals surface area (Å²) in [7, 11) is 0. The number of pyridine rings is 1. The summed E-state index contributed by atoms with van der Waals surface area (Å²) in [6.45, 7) is 2.44. The molecule has 2 aromatic heterocycles. The van der Waals surface area contributed by atoms with Gasteiger partial charge >= 0.3 is 5.91 Å². The van der Waals surface area contributed by atoms with Crippen LogP contribution in [0.2, 0.25) is 0 Å². The molecule has 0 spiro atoms. The number of rotatable bonds is 6. The van der Waals surface area contributed by atoms with E-state index in [1.807, 2.05) is 25.1 Å². The van der Waals surface area contributed by atoms with Crippen LogP contribution < -0.4 is 9.64 Å². The number of Topliss-reactive ketones (excluding diaryl/α,β-unsaturated/α-hetero) is 1. The Morgan fingerprint density at radius 1 is 1.06 bits per heavy atom. The van der Waals surface area contributed by atoms with Crippen LogP contribution in [0.25, 0.3) is 5.76 Å². The third kappa shape index (κ3) is 4.43. The largest absolute Gasteiger partial charge is 0.507 e. The molecule has 0 aliphatic carbocycles. The highest BCUT2D eigenvalue weighted by atomic mass is 32.1. The molecule has 2 aromatic carbocycles. The van der Waals surface area contributed by atoms with Crippen molar-refractivity contribution in [1.29, 1.82) is 0 Å². The number of ketones is 1. The van der Waals surface area contributed by atoms with Gasteiger partial charge in [0.25, 0.3) is 5.78 Å². The fourth-order valence-electron chi connectivity index (χ4n) is 4.06. The minimum atomic E-state index is -0.818. The summed E-state index contributed by atoms with van der Waals surface area (Å²) < 4.78 is 5.86. The van der Waals surface area contributed by atoms with E-state index in [0.717, 1.165) is 11.1 Å². The fourth-order valence-corrected chi connectivity index (χ4v) is 4.73. The van der Waals surface area contributed by atoms with Crippen LogP contribution >= 0.6 is 11.3 Å². The van der Waals surface area contributed by atoms with Crippen molar-refractivity contribution < 1.29 is 19.4 Å². The maximum Gasteiger partial charge on any atom is 0.301 e. The van der Waals surface area contributed by atoms with Gasteiger partial charge in [0.15, 0.2) is 5.13 Å². The molecule has 1 atom stereocenters. The van der Waals surface area contributed by atoms with E-state index in [2.05, 4.69) is 16.0 Å². The van der Waals surface area contributed by atoms with Gasteiger partial charge in [0.05, 0.1) is 11.6 Å². The van der Waals surface area contributed by atoms with E-state index < -0.39 is 17.7 Å². The van der Waals surface area contributed by atoms with E-state index in [9.17, 15) is 14.7 Å². The molecule has 1 aliphatic rings. The summed E-state index contributed by atoms with van der Waals surface area (Å²) in [5, 5.41) is 13.3. The number of hydrogen-bond acceptors (Lipinski definition) is 7. The topological polar surface area (TPSA) is 92.6 Å². The van der Waals surface area contributed by atoms with Crippen molar-refractivity contribution in [2.24, 2.45) is 0 Å². The third-order valence-corrected chi connectivity index (χ3v) is 6.48. The van der Waals surface area contributed by atoms with Crippen LogP contribution in [0.4, 0.5) is 5.13 Å². The first-order valence-corrected chi connectivity index (χ1v) is 11.8. The van der Waals surface area contributed by atoms with Crippen LogP contribution in [0.1, 0.15) is 28.3 Å². The molecule has 0 bridgehead atoms. The van der Waals surface area contributed by atoms with Crippen LogP contribution in [0.3, 0.4) is 0 Å². The standard InChI is InChI=1S/C27H21N3O4S/c1-17-3-2-4-18(15-17)16-34-21-7-5-20(6-8-21)24(31)22-23(19-9-11-28-12-10-19)30(26(33)25(22)32)27-29-13-14-35-27/h2-15,23,31H,16H2,1H3/b24-22+. The molecule has 1 unspecified atom stereocenters. The van der Waals surface area contributed by atoms with Gasteiger partial charge in [0, 0.05) is 29.5 Å². The van der Waals surface area contributed by atoms with Crippen LogP contribution in [-0.2, 0) is 16.2 Å². The van der Waals surface area contributed by atoms with E-state index >= 15 is 0 Å². The highest BCUT2D eigenvalue weighted by Gasteiger charge is 2.47. The summed E-state index contributed by atoms with van der Waals surface area (Å²) in [5.41, 5.74) is 3.27. The number of thiazole rings is 1. The van der Waals surface area contributed by atoms with Crippen molar-refractivity contribution in [3.8, 4) is 5.75 Å². The molecule has 0 saturated carbocycles. The molecular formula is C27H21N3O4S. The average Bonchev–Trinajstić information content (AvgIpc) is 3.50. The van der Waals surface area contributed by atoms with Crippen molar-refractivity contribution in [2.45, 2.75) is 19.6 Å². The molecule has 35 heavy (non-hydrogen) atoms. The molecule has 174 valence electrons. The van der Waals surface area contributed by atoms with Gasteiger partial charge in [-0.1, -0.05) is 29.8 Å². The summed E-state index contributed by atoms with van der Waals surface area (Å²) in [4.78, 5) is 35.7. The Hall–Kier alpha value is -4.30. The lowest BCUT2D eigenvalue weighted by Gasteiger charge is -2.22. The Morgan fingerprint density at radius 3 is 2.51 bits per heavy atom. The maximum atomic E-state index is 13.1. The van der Waals surface area contributed by atoms with Gasteiger partial charge in [-0.05, 0) is 54.4 Å². The number of anilines is 1. The molecule has 0 radical (unpaired) electrons. The number of aromatic nitrogens is 2. The number of benzene rings is 2. The summed E-state index contributed by atoms with van der Waals surface area (Å²) in [5.74, 6) is -1.13. The number of aryl methyl sites for hydroxylation is 1. The van der Waals surface area contributed by atoms with Gasteiger partial charge in [0.1, 0.15) is 18.1 Å². The second-order valence-corrected chi connectivity index (χ2v) is 8.94. The minimum absolute atomic E-state index is 0.00447. The second kappa shape index (κ2) is 9.52. The number of carbonyl (C=O) groups excluding carboxylic acids is 2. The normalized spacial score (nSPS) is 17.1. The number of aliphatic hydroxyl groups excluding tert-OH is 1. The van der Waals surface area contributed by atoms with Gasteiger partial charge in [-0.3, -0.25) is 19.5 Å². The molecule has 8 heteroatoms. The van der Waals surface area contributed by atoms with E-state index in [0.29, 0.717) is 28.6 Å². The van der Waals surface area contributed by atoms with Crippen LogP contribution in [0.5, 0.6) is 5.75 Å². The molecule has 5 rings (SSSR count). The Labute approximate surface area is 206 Å². The molecule has 1 aliphatic heterocycles. The van der Waals surface area contributed by atoms with Crippen molar-refractivity contribution in [3.05, 3.63) is 112 Å². The fraction of sp³-hybridized carbons (Fsp3) is 0.111. The molecule has 1 saturated heterocycles. The van der Waals surface area contributed by atoms with E-state index in [4.69, 9.17) is 4.74 Å². The summed E-state index contributed by atoms with van der Waals surface area (Å²) in [6.07, 6.45) is 4.73. The predicted octanol–water partition coefficient (Wildman–Crippen LogP) is 5.05. The number of hydrogen-bond donors (Lipinski definition) is 1. The summed E-state index contributed by atoms with van der Waals surface area (Å²) >= 11 is 1.25. The van der Waals surface area contributed by atoms with Gasteiger partial charge in [-0.2, -0.15) is 0 Å². The molecule has 4 aromatic rings. The number of nitrogens with zero attached hydrogens (tertiary/aromatic N) is 3. The van der Waals surface area contributed by atoms with Gasteiger partial charge in [0.2, 0.25) is 0 Å². The van der Waals surface area contributed by atoms with Crippen molar-refractivity contribution >= 4 is 33.9 Å². The second-order valence-electron chi connectivity index (χ2n) is 8.07. The van der Waals surface area contributed by atoms with Crippen LogP contribution in [0.15, 0.2) is 90.2 Å². The number of ether oxygens (including phenoxy) is 1. The zero-order chi connectivity index (χ0) is 24.4. The zero-order valence-electron chi connectivity index (χ0n) is 18.8. The molecule has 3 heterocycles. The van der Waals surface area contributed by atoms with Crippen molar-refractivity contribution in [1.82, 2.24) is 9.97 Å². The quantitative estimate of drug-likeness (QED) is 0.234. The maximum absolute atomic E-state index is 13.1. The Kier molecular flexibility index (Phi) is 6.12. The van der Waals surface area contributed by atoms with Crippen molar-refractivity contribution in [2.75, 3.05) is 4.90 Å².